The van der Waals surface area contributed by atoms with Gasteiger partial charge in [0.05, 0.1) is 11.8 Å². The molecule has 0 aliphatic carbocycles. The fraction of sp³-hybridized carbons (Fsp3) is 0.133. The summed E-state index contributed by atoms with van der Waals surface area (Å²) in [6.07, 6.45) is -1.86. The summed E-state index contributed by atoms with van der Waals surface area (Å²) in [7, 11) is 0. The summed E-state index contributed by atoms with van der Waals surface area (Å²) >= 11 is 1.12. The van der Waals surface area contributed by atoms with E-state index in [1.165, 1.54) is 12.3 Å². The van der Waals surface area contributed by atoms with Crippen molar-refractivity contribution < 1.29 is 23.1 Å². The molecule has 0 fully saturated rings. The molecule has 3 aromatic rings. The Labute approximate surface area is 136 Å². The Morgan fingerprint density at radius 1 is 1.33 bits per heavy atom. The topological polar surface area (TPSA) is 71.7 Å². The Kier molecular flexibility index (Phi) is 3.88. The number of alkyl halides is 3. The number of carboxylic acid groups (broad SMARTS) is 1. The first-order chi connectivity index (χ1) is 11.3. The van der Waals surface area contributed by atoms with Crippen LogP contribution >= 0.6 is 11.3 Å². The molecule has 1 N–H and O–H groups in total. The molecule has 3 rings (SSSR count). The third-order valence-corrected chi connectivity index (χ3v) is 4.31. The number of fused-ring (bicyclic) bond motifs is 1. The molecule has 0 atom stereocenters. The van der Waals surface area contributed by atoms with Crippen LogP contribution in [0.5, 0.6) is 0 Å². The molecule has 1 aromatic carbocycles. The lowest BCUT2D eigenvalue weighted by Gasteiger charge is -2.07. The monoisotopic (exact) mass is 354 g/mol. The van der Waals surface area contributed by atoms with Gasteiger partial charge in [-0.15, -0.1) is 11.3 Å². The molecule has 0 bridgehead atoms. The highest BCUT2D eigenvalue weighted by molar-refractivity contribution is 7.17. The summed E-state index contributed by atoms with van der Waals surface area (Å²) in [5, 5.41) is 8.92. The number of carboxylic acids is 1. The van der Waals surface area contributed by atoms with Gasteiger partial charge >= 0.3 is 12.1 Å². The highest BCUT2D eigenvalue weighted by atomic mass is 32.1. The zero-order valence-corrected chi connectivity index (χ0v) is 12.7. The molecule has 2 heterocycles. The molecule has 0 unspecified atom stereocenters. The lowest BCUT2D eigenvalue weighted by atomic mass is 10.1. The summed E-state index contributed by atoms with van der Waals surface area (Å²) < 4.78 is 39.3. The van der Waals surface area contributed by atoms with Gasteiger partial charge in [0.25, 0.3) is 5.56 Å². The molecule has 0 aliphatic heterocycles. The number of aromatic carboxylic acids is 1. The van der Waals surface area contributed by atoms with Gasteiger partial charge in [0.15, 0.2) is 4.96 Å². The van der Waals surface area contributed by atoms with Crippen molar-refractivity contribution in [3.8, 4) is 0 Å². The second kappa shape index (κ2) is 5.75. The van der Waals surface area contributed by atoms with Gasteiger partial charge in [0, 0.05) is 17.5 Å². The summed E-state index contributed by atoms with van der Waals surface area (Å²) in [5.41, 5.74) is -1.50. The van der Waals surface area contributed by atoms with E-state index in [1.807, 2.05) is 0 Å². The minimum absolute atomic E-state index is 0.180. The number of rotatable bonds is 3. The maximum Gasteiger partial charge on any atom is 0.416 e. The third-order valence-electron chi connectivity index (χ3n) is 3.32. The summed E-state index contributed by atoms with van der Waals surface area (Å²) in [6.45, 7) is 0. The highest BCUT2D eigenvalue weighted by Crippen LogP contribution is 2.30. The van der Waals surface area contributed by atoms with Crippen molar-refractivity contribution in [2.45, 2.75) is 12.6 Å². The fourth-order valence-electron chi connectivity index (χ4n) is 2.22. The summed E-state index contributed by atoms with van der Waals surface area (Å²) in [5.74, 6) is -1.38. The van der Waals surface area contributed by atoms with Crippen LogP contribution in [-0.4, -0.2) is 20.5 Å². The van der Waals surface area contributed by atoms with Crippen molar-refractivity contribution >= 4 is 22.3 Å². The molecule has 24 heavy (non-hydrogen) atoms. The predicted molar refractivity (Wildman–Crippen MR) is 80.5 cm³/mol. The molecule has 5 nitrogen and oxygen atoms in total. The fourth-order valence-corrected chi connectivity index (χ4v) is 3.19. The zero-order chi connectivity index (χ0) is 17.5. The van der Waals surface area contributed by atoms with E-state index in [9.17, 15) is 22.8 Å². The molecule has 9 heteroatoms. The van der Waals surface area contributed by atoms with Crippen LogP contribution < -0.4 is 5.56 Å². The first kappa shape index (κ1) is 16.2. The van der Waals surface area contributed by atoms with Crippen LogP contribution in [0.1, 0.15) is 26.4 Å². The Bertz CT molecular complexity index is 992. The average Bonchev–Trinajstić information content (AvgIpc) is 2.90. The number of halogens is 3. The number of benzene rings is 1. The first-order valence-corrected chi connectivity index (χ1v) is 7.47. The van der Waals surface area contributed by atoms with Crippen LogP contribution in [0, 0.1) is 0 Å². The summed E-state index contributed by atoms with van der Waals surface area (Å²) in [6, 6.07) is 4.90. The number of carbonyl (C=O) groups is 1. The van der Waals surface area contributed by atoms with E-state index in [-0.39, 0.29) is 11.4 Å². The Hall–Kier alpha value is -2.68. The molecule has 124 valence electrons. The lowest BCUT2D eigenvalue weighted by Crippen LogP contribution is -2.21. The lowest BCUT2D eigenvalue weighted by molar-refractivity contribution is -0.137. The molecule has 0 saturated heterocycles. The van der Waals surface area contributed by atoms with E-state index < -0.39 is 28.8 Å². The van der Waals surface area contributed by atoms with Gasteiger partial charge in [-0.1, -0.05) is 18.2 Å². The molecular weight excluding hydrogens is 345 g/mol. The van der Waals surface area contributed by atoms with Gasteiger partial charge in [-0.05, 0) is 11.6 Å². The minimum atomic E-state index is -4.43. The molecule has 0 radical (unpaired) electrons. The van der Waals surface area contributed by atoms with E-state index in [0.717, 1.165) is 34.1 Å². The average molecular weight is 354 g/mol. The maximum absolute atomic E-state index is 12.7. The van der Waals surface area contributed by atoms with E-state index >= 15 is 0 Å². The predicted octanol–water partition coefficient (Wildman–Crippen LogP) is 3.06. The van der Waals surface area contributed by atoms with Gasteiger partial charge in [0.2, 0.25) is 0 Å². The maximum atomic E-state index is 12.7. The molecule has 0 spiro atoms. The van der Waals surface area contributed by atoms with Crippen molar-refractivity contribution in [3.63, 3.8) is 0 Å². The second-order valence-electron chi connectivity index (χ2n) is 5.01. The first-order valence-electron chi connectivity index (χ1n) is 6.65. The van der Waals surface area contributed by atoms with Crippen molar-refractivity contribution in [3.05, 3.63) is 68.6 Å². The van der Waals surface area contributed by atoms with Crippen molar-refractivity contribution in [2.75, 3.05) is 0 Å². The molecule has 0 amide bonds. The third kappa shape index (κ3) is 3.02. The van der Waals surface area contributed by atoms with Crippen LogP contribution in [0.15, 0.2) is 41.5 Å². The standard InChI is InChI=1S/C15H9F3N2O3S/c16-15(17,18)9-3-1-2-8(4-9)5-10-7-20-12(21)11(13(22)23)6-19-14(20)24-10/h1-4,6-7H,5H2,(H,22,23). The number of hydrogen-bond donors (Lipinski definition) is 1. The second-order valence-corrected chi connectivity index (χ2v) is 6.10. The number of aromatic nitrogens is 2. The van der Waals surface area contributed by atoms with E-state index in [2.05, 4.69) is 4.98 Å². The smallest absolute Gasteiger partial charge is 0.416 e. The van der Waals surface area contributed by atoms with E-state index in [0.29, 0.717) is 10.4 Å². The molecular formula is C15H9F3N2O3S. The number of thiazole rings is 1. The van der Waals surface area contributed by atoms with Crippen LogP contribution in [0.25, 0.3) is 4.96 Å². The van der Waals surface area contributed by atoms with Gasteiger partial charge in [-0.3, -0.25) is 9.20 Å². The Morgan fingerprint density at radius 3 is 2.75 bits per heavy atom. The number of nitrogens with zero attached hydrogens (tertiary/aromatic N) is 2. The van der Waals surface area contributed by atoms with Gasteiger partial charge in [0.1, 0.15) is 5.56 Å². The van der Waals surface area contributed by atoms with Crippen LogP contribution in [0.2, 0.25) is 0 Å². The molecule has 2 aromatic heterocycles. The highest BCUT2D eigenvalue weighted by Gasteiger charge is 2.30. The summed E-state index contributed by atoms with van der Waals surface area (Å²) in [4.78, 5) is 27.7. The number of hydrogen-bond acceptors (Lipinski definition) is 4. The van der Waals surface area contributed by atoms with Crippen molar-refractivity contribution in [1.29, 1.82) is 0 Å². The minimum Gasteiger partial charge on any atom is -0.477 e. The SMILES string of the molecule is O=C(O)c1cnc2sc(Cc3cccc(C(F)(F)F)c3)cn2c1=O. The van der Waals surface area contributed by atoms with E-state index in [4.69, 9.17) is 5.11 Å². The van der Waals surface area contributed by atoms with Gasteiger partial charge in [-0.2, -0.15) is 13.2 Å². The molecule has 0 aliphatic rings. The van der Waals surface area contributed by atoms with Crippen LogP contribution in [0.3, 0.4) is 0 Å². The van der Waals surface area contributed by atoms with Crippen molar-refractivity contribution in [1.82, 2.24) is 9.38 Å². The van der Waals surface area contributed by atoms with Crippen LogP contribution in [-0.2, 0) is 12.6 Å². The normalized spacial score (nSPS) is 11.8. The van der Waals surface area contributed by atoms with Gasteiger partial charge < -0.3 is 5.11 Å². The van der Waals surface area contributed by atoms with Gasteiger partial charge in [-0.25, -0.2) is 9.78 Å². The quantitative estimate of drug-likeness (QED) is 0.785. The Balaban J connectivity index is 1.98. The van der Waals surface area contributed by atoms with Crippen molar-refractivity contribution in [2.24, 2.45) is 0 Å². The molecule has 0 saturated carbocycles. The Morgan fingerprint density at radius 2 is 2.08 bits per heavy atom. The zero-order valence-electron chi connectivity index (χ0n) is 11.9. The van der Waals surface area contributed by atoms with E-state index in [1.54, 1.807) is 6.07 Å². The largest absolute Gasteiger partial charge is 0.477 e. The van der Waals surface area contributed by atoms with Crippen LogP contribution in [0.4, 0.5) is 13.2 Å².